The van der Waals surface area contributed by atoms with Crippen LogP contribution in [0.3, 0.4) is 0 Å². The lowest BCUT2D eigenvalue weighted by molar-refractivity contribution is 0.172. The minimum absolute atomic E-state index is 0.0579. The van der Waals surface area contributed by atoms with E-state index < -0.39 is 0 Å². The summed E-state index contributed by atoms with van der Waals surface area (Å²) >= 11 is 0. The van der Waals surface area contributed by atoms with Crippen LogP contribution in [-0.2, 0) is 6.42 Å². The van der Waals surface area contributed by atoms with E-state index in [9.17, 15) is 10.2 Å². The van der Waals surface area contributed by atoms with Crippen molar-refractivity contribution < 1.29 is 29.2 Å². The first-order chi connectivity index (χ1) is 12.0. The lowest BCUT2D eigenvalue weighted by Crippen LogP contribution is -2.16. The van der Waals surface area contributed by atoms with Gasteiger partial charge in [0.1, 0.15) is 11.9 Å². The molecule has 0 unspecified atom stereocenters. The lowest BCUT2D eigenvalue weighted by Gasteiger charge is -2.29. The van der Waals surface area contributed by atoms with E-state index in [0.717, 1.165) is 23.3 Å². The number of fused-ring (bicyclic) bond motifs is 1. The summed E-state index contributed by atoms with van der Waals surface area (Å²) in [5, 5.41) is 20.1. The third-order valence-electron chi connectivity index (χ3n) is 4.51. The summed E-state index contributed by atoms with van der Waals surface area (Å²) in [7, 11) is 4.60. The first-order valence-electron chi connectivity index (χ1n) is 8.01. The molecule has 1 aliphatic heterocycles. The van der Waals surface area contributed by atoms with Crippen molar-refractivity contribution in [1.29, 1.82) is 0 Å². The maximum absolute atomic E-state index is 10.0. The average Bonchev–Trinajstić information content (AvgIpc) is 2.61. The highest BCUT2D eigenvalue weighted by Crippen LogP contribution is 2.46. The van der Waals surface area contributed by atoms with Crippen molar-refractivity contribution in [2.45, 2.75) is 25.9 Å². The number of ether oxygens (including phenoxy) is 4. The Morgan fingerprint density at radius 3 is 2.16 bits per heavy atom. The molecule has 6 nitrogen and oxygen atoms in total. The van der Waals surface area contributed by atoms with Gasteiger partial charge in [-0.05, 0) is 49.1 Å². The van der Waals surface area contributed by atoms with Crippen molar-refractivity contribution in [3.05, 3.63) is 34.9 Å². The molecular weight excluding hydrogens is 324 g/mol. The largest absolute Gasteiger partial charge is 0.504 e. The number of methoxy groups -OCH3 is 3. The monoisotopic (exact) mass is 346 g/mol. The van der Waals surface area contributed by atoms with Crippen LogP contribution in [0.1, 0.15) is 29.2 Å². The zero-order valence-electron chi connectivity index (χ0n) is 14.8. The van der Waals surface area contributed by atoms with Gasteiger partial charge in [0.2, 0.25) is 5.75 Å². The second-order valence-electron chi connectivity index (χ2n) is 5.96. The molecule has 2 N–H and O–H groups in total. The molecule has 3 rings (SSSR count). The van der Waals surface area contributed by atoms with Gasteiger partial charge in [-0.1, -0.05) is 0 Å². The summed E-state index contributed by atoms with van der Waals surface area (Å²) in [5.74, 6) is 1.90. The zero-order valence-corrected chi connectivity index (χ0v) is 14.8. The van der Waals surface area contributed by atoms with Crippen LogP contribution in [0.5, 0.6) is 34.5 Å². The minimum Gasteiger partial charge on any atom is -0.504 e. The van der Waals surface area contributed by atoms with Crippen molar-refractivity contribution in [2.75, 3.05) is 21.3 Å². The Kier molecular flexibility index (Phi) is 4.53. The molecule has 1 atom stereocenters. The highest BCUT2D eigenvalue weighted by Gasteiger charge is 2.27. The molecule has 0 aromatic heterocycles. The molecule has 134 valence electrons. The number of benzene rings is 2. The predicted molar refractivity (Wildman–Crippen MR) is 92.3 cm³/mol. The van der Waals surface area contributed by atoms with E-state index >= 15 is 0 Å². The maximum atomic E-state index is 10.0. The molecule has 0 saturated heterocycles. The van der Waals surface area contributed by atoms with E-state index in [0.29, 0.717) is 23.5 Å². The zero-order chi connectivity index (χ0) is 18.1. The van der Waals surface area contributed by atoms with Gasteiger partial charge in [-0.25, -0.2) is 0 Å². The maximum Gasteiger partial charge on any atom is 0.202 e. The van der Waals surface area contributed by atoms with Crippen LogP contribution in [0.15, 0.2) is 18.2 Å². The van der Waals surface area contributed by atoms with E-state index in [2.05, 4.69) is 0 Å². The average molecular weight is 346 g/mol. The molecule has 25 heavy (non-hydrogen) atoms. The Hall–Kier alpha value is -2.76. The van der Waals surface area contributed by atoms with Crippen molar-refractivity contribution >= 4 is 0 Å². The third-order valence-corrected chi connectivity index (χ3v) is 4.51. The molecule has 2 aromatic rings. The van der Waals surface area contributed by atoms with E-state index in [1.54, 1.807) is 26.4 Å². The number of rotatable bonds is 4. The molecule has 0 radical (unpaired) electrons. The number of aryl methyl sites for hydroxylation is 1. The van der Waals surface area contributed by atoms with Gasteiger partial charge >= 0.3 is 0 Å². The van der Waals surface area contributed by atoms with Crippen molar-refractivity contribution in [3.63, 3.8) is 0 Å². The molecule has 1 aliphatic rings. The number of phenols is 2. The SMILES string of the molecule is COc1cc2c(c(C)c1OC)O[C@H](c1cc(O)c(OC)c(O)c1)CC2. The van der Waals surface area contributed by atoms with Gasteiger partial charge in [0.15, 0.2) is 23.0 Å². The summed E-state index contributed by atoms with van der Waals surface area (Å²) in [5.41, 5.74) is 2.60. The highest BCUT2D eigenvalue weighted by molar-refractivity contribution is 5.59. The smallest absolute Gasteiger partial charge is 0.202 e. The lowest BCUT2D eigenvalue weighted by atomic mass is 9.94. The summed E-state index contributed by atoms with van der Waals surface area (Å²) in [6.45, 7) is 1.92. The normalized spacial score (nSPS) is 15.9. The van der Waals surface area contributed by atoms with Crippen LogP contribution in [0, 0.1) is 6.92 Å². The van der Waals surface area contributed by atoms with Gasteiger partial charge in [0.25, 0.3) is 0 Å². The van der Waals surface area contributed by atoms with Gasteiger partial charge in [0, 0.05) is 5.56 Å². The molecule has 0 aliphatic carbocycles. The Labute approximate surface area is 146 Å². The molecule has 0 spiro atoms. The second kappa shape index (κ2) is 6.63. The van der Waals surface area contributed by atoms with Crippen LogP contribution in [0.25, 0.3) is 0 Å². The molecule has 6 heteroatoms. The Bertz CT molecular complexity index is 776. The molecule has 0 fully saturated rings. The van der Waals surface area contributed by atoms with Gasteiger partial charge < -0.3 is 29.2 Å². The standard InChI is InChI=1S/C19H22O6/c1-10-17-11(9-16(22-2)18(10)23-3)5-6-15(25-17)12-7-13(20)19(24-4)14(21)8-12/h7-9,15,20-21H,5-6H2,1-4H3/t15-/m0/s1. The first-order valence-corrected chi connectivity index (χ1v) is 8.01. The van der Waals surface area contributed by atoms with Crippen molar-refractivity contribution in [3.8, 4) is 34.5 Å². The van der Waals surface area contributed by atoms with E-state index in [1.165, 1.54) is 7.11 Å². The molecule has 0 amide bonds. The highest BCUT2D eigenvalue weighted by atomic mass is 16.5. The van der Waals surface area contributed by atoms with E-state index in [4.69, 9.17) is 18.9 Å². The second-order valence-corrected chi connectivity index (χ2v) is 5.96. The fourth-order valence-corrected chi connectivity index (χ4v) is 3.31. The van der Waals surface area contributed by atoms with Gasteiger partial charge in [-0.2, -0.15) is 0 Å². The van der Waals surface area contributed by atoms with Crippen LogP contribution >= 0.6 is 0 Å². The van der Waals surface area contributed by atoms with Crippen LogP contribution in [-0.4, -0.2) is 31.5 Å². The number of hydrogen-bond acceptors (Lipinski definition) is 6. The van der Waals surface area contributed by atoms with Gasteiger partial charge in [-0.15, -0.1) is 0 Å². The Morgan fingerprint density at radius 2 is 1.60 bits per heavy atom. The number of aromatic hydroxyl groups is 2. The fourth-order valence-electron chi connectivity index (χ4n) is 3.31. The molecule has 2 aromatic carbocycles. The van der Waals surface area contributed by atoms with Crippen molar-refractivity contribution in [2.24, 2.45) is 0 Å². The van der Waals surface area contributed by atoms with Crippen LogP contribution < -0.4 is 18.9 Å². The topological polar surface area (TPSA) is 77.4 Å². The van der Waals surface area contributed by atoms with E-state index in [-0.39, 0.29) is 23.4 Å². The third kappa shape index (κ3) is 2.88. The summed E-state index contributed by atoms with van der Waals surface area (Å²) in [6.07, 6.45) is 1.22. The quantitative estimate of drug-likeness (QED) is 0.882. The number of phenolic OH excluding ortho intramolecular Hbond substituents is 2. The summed E-state index contributed by atoms with van der Waals surface area (Å²) < 4.78 is 22.0. The van der Waals surface area contributed by atoms with Gasteiger partial charge in [0.05, 0.1) is 21.3 Å². The Morgan fingerprint density at radius 1 is 0.960 bits per heavy atom. The number of hydrogen-bond donors (Lipinski definition) is 2. The Balaban J connectivity index is 1.99. The molecule has 0 saturated carbocycles. The minimum atomic E-state index is -0.285. The molecule has 0 bridgehead atoms. The van der Waals surface area contributed by atoms with E-state index in [1.807, 2.05) is 13.0 Å². The summed E-state index contributed by atoms with van der Waals surface area (Å²) in [6, 6.07) is 5.05. The van der Waals surface area contributed by atoms with Crippen LogP contribution in [0.2, 0.25) is 0 Å². The molecule has 1 heterocycles. The fraction of sp³-hybridized carbons (Fsp3) is 0.368. The summed E-state index contributed by atoms with van der Waals surface area (Å²) in [4.78, 5) is 0. The molecular formula is C19H22O6. The van der Waals surface area contributed by atoms with Crippen LogP contribution in [0.4, 0.5) is 0 Å². The van der Waals surface area contributed by atoms with Crippen molar-refractivity contribution in [1.82, 2.24) is 0 Å². The first kappa shape index (κ1) is 17.1. The predicted octanol–water partition coefficient (Wildman–Crippen LogP) is 3.50. The van der Waals surface area contributed by atoms with Gasteiger partial charge in [-0.3, -0.25) is 0 Å².